The second-order valence-electron chi connectivity index (χ2n) is 8.82. The van der Waals surface area contributed by atoms with Crippen LogP contribution in [0.3, 0.4) is 0 Å². The van der Waals surface area contributed by atoms with E-state index in [1.807, 2.05) is 0 Å². The molecule has 2 aromatic rings. The molecule has 0 spiro atoms. The number of imide groups is 1. The van der Waals surface area contributed by atoms with Gasteiger partial charge in [-0.2, -0.15) is 0 Å². The van der Waals surface area contributed by atoms with Crippen molar-refractivity contribution in [2.24, 2.45) is 11.8 Å². The van der Waals surface area contributed by atoms with Crippen LogP contribution in [0.4, 0.5) is 11.4 Å². The van der Waals surface area contributed by atoms with Crippen LogP contribution in [0.25, 0.3) is 0 Å². The van der Waals surface area contributed by atoms with E-state index in [1.165, 1.54) is 37.3 Å². The molecular formula is C25H29N3O7S. The fraction of sp³-hybridized carbons (Fsp3) is 0.400. The predicted molar refractivity (Wildman–Crippen MR) is 132 cm³/mol. The van der Waals surface area contributed by atoms with Crippen LogP contribution in [0.5, 0.6) is 11.5 Å². The lowest BCUT2D eigenvalue weighted by Crippen LogP contribution is -2.34. The summed E-state index contributed by atoms with van der Waals surface area (Å²) in [7, 11) is -1.19. The van der Waals surface area contributed by atoms with Gasteiger partial charge in [0, 0.05) is 24.3 Å². The molecule has 4 rings (SSSR count). The van der Waals surface area contributed by atoms with Crippen molar-refractivity contribution in [1.82, 2.24) is 4.90 Å². The molecule has 2 aliphatic rings. The van der Waals surface area contributed by atoms with Gasteiger partial charge in [0.25, 0.3) is 10.0 Å². The maximum Gasteiger partial charge on any atom is 0.265 e. The number of benzene rings is 2. The third-order valence-electron chi connectivity index (χ3n) is 6.57. The van der Waals surface area contributed by atoms with Gasteiger partial charge in [-0.25, -0.2) is 8.42 Å². The van der Waals surface area contributed by atoms with Crippen molar-refractivity contribution in [2.45, 2.75) is 37.0 Å². The van der Waals surface area contributed by atoms with Crippen LogP contribution in [-0.4, -0.2) is 51.8 Å². The number of rotatable bonds is 9. The highest BCUT2D eigenvalue weighted by Gasteiger charge is 2.47. The number of nitrogens with zero attached hydrogens (tertiary/aromatic N) is 1. The standard InChI is InChI=1S/C25H29N3O7S/c1-34-18-10-7-16(8-11-18)27-36(32,33)22-15-17(9-12-21(22)35-2)26-23(29)13-14-28-24(30)19-5-3-4-6-20(19)25(28)31/h7-12,15,19-20,27H,3-6,13-14H2,1-2H3,(H,26,29)/t19-,20-/m0/s1. The van der Waals surface area contributed by atoms with Gasteiger partial charge < -0.3 is 14.8 Å². The molecule has 36 heavy (non-hydrogen) atoms. The number of likely N-dealkylation sites (tertiary alicyclic amines) is 1. The zero-order valence-electron chi connectivity index (χ0n) is 20.2. The molecule has 0 radical (unpaired) electrons. The molecule has 10 nitrogen and oxygen atoms in total. The molecule has 0 unspecified atom stereocenters. The maximum absolute atomic E-state index is 13.1. The van der Waals surface area contributed by atoms with Crippen LogP contribution >= 0.6 is 0 Å². The van der Waals surface area contributed by atoms with Crippen molar-refractivity contribution in [3.8, 4) is 11.5 Å². The van der Waals surface area contributed by atoms with Crippen molar-refractivity contribution in [3.63, 3.8) is 0 Å². The van der Waals surface area contributed by atoms with Crippen molar-refractivity contribution >= 4 is 39.1 Å². The average molecular weight is 516 g/mol. The van der Waals surface area contributed by atoms with Crippen molar-refractivity contribution < 1.29 is 32.3 Å². The van der Waals surface area contributed by atoms with Gasteiger partial charge >= 0.3 is 0 Å². The zero-order valence-corrected chi connectivity index (χ0v) is 21.0. The number of hydrogen-bond acceptors (Lipinski definition) is 7. The number of methoxy groups -OCH3 is 2. The molecule has 1 aliphatic heterocycles. The van der Waals surface area contributed by atoms with Gasteiger partial charge in [-0.15, -0.1) is 0 Å². The second kappa shape index (κ2) is 10.6. The number of ether oxygens (including phenoxy) is 2. The summed E-state index contributed by atoms with van der Waals surface area (Å²) in [6.45, 7) is -0.00314. The molecule has 1 saturated heterocycles. The lowest BCUT2D eigenvalue weighted by atomic mass is 9.81. The normalized spacial score (nSPS) is 19.6. The summed E-state index contributed by atoms with van der Waals surface area (Å²) in [5.41, 5.74) is 0.566. The first kappa shape index (κ1) is 25.5. The van der Waals surface area contributed by atoms with E-state index in [2.05, 4.69) is 10.0 Å². The van der Waals surface area contributed by atoms with Crippen LogP contribution in [0.1, 0.15) is 32.1 Å². The first-order chi connectivity index (χ1) is 17.2. The van der Waals surface area contributed by atoms with E-state index in [0.717, 1.165) is 12.8 Å². The molecular weight excluding hydrogens is 486 g/mol. The lowest BCUT2D eigenvalue weighted by Gasteiger charge is -2.19. The highest BCUT2D eigenvalue weighted by molar-refractivity contribution is 7.92. The lowest BCUT2D eigenvalue weighted by molar-refractivity contribution is -0.140. The first-order valence-corrected chi connectivity index (χ1v) is 13.2. The number of hydrogen-bond donors (Lipinski definition) is 2. The fourth-order valence-corrected chi connectivity index (χ4v) is 5.98. The van der Waals surface area contributed by atoms with Gasteiger partial charge in [0.15, 0.2) is 0 Å². The monoisotopic (exact) mass is 515 g/mol. The Balaban J connectivity index is 1.43. The predicted octanol–water partition coefficient (Wildman–Crippen LogP) is 3.01. The van der Waals surface area contributed by atoms with E-state index in [1.54, 1.807) is 24.3 Å². The number of fused-ring (bicyclic) bond motifs is 1. The highest BCUT2D eigenvalue weighted by Crippen LogP contribution is 2.38. The topological polar surface area (TPSA) is 131 Å². The van der Waals surface area contributed by atoms with Gasteiger partial charge in [0.05, 0.1) is 26.1 Å². The average Bonchev–Trinajstić information content (AvgIpc) is 3.12. The van der Waals surface area contributed by atoms with Crippen molar-refractivity contribution in [3.05, 3.63) is 42.5 Å². The summed E-state index contributed by atoms with van der Waals surface area (Å²) in [6.07, 6.45) is 3.21. The van der Waals surface area contributed by atoms with Crippen LogP contribution < -0.4 is 19.5 Å². The fourth-order valence-electron chi connectivity index (χ4n) is 4.72. The van der Waals surface area contributed by atoms with E-state index in [4.69, 9.17) is 9.47 Å². The molecule has 1 heterocycles. The Labute approximate surface area is 210 Å². The minimum atomic E-state index is -4.05. The first-order valence-electron chi connectivity index (χ1n) is 11.7. The van der Waals surface area contributed by atoms with E-state index >= 15 is 0 Å². The zero-order chi connectivity index (χ0) is 25.9. The molecule has 0 bridgehead atoms. The van der Waals surface area contributed by atoms with Gasteiger partial charge in [0.1, 0.15) is 16.4 Å². The Morgan fingerprint density at radius 3 is 2.14 bits per heavy atom. The number of amides is 3. The highest BCUT2D eigenvalue weighted by atomic mass is 32.2. The van der Waals surface area contributed by atoms with Crippen LogP contribution in [-0.2, 0) is 24.4 Å². The quantitative estimate of drug-likeness (QED) is 0.491. The molecule has 2 atom stereocenters. The molecule has 1 saturated carbocycles. The van der Waals surface area contributed by atoms with E-state index in [-0.39, 0.29) is 52.9 Å². The molecule has 11 heteroatoms. The summed E-state index contributed by atoms with van der Waals surface area (Å²) in [4.78, 5) is 38.9. The van der Waals surface area contributed by atoms with Crippen LogP contribution in [0, 0.1) is 11.8 Å². The largest absolute Gasteiger partial charge is 0.497 e. The van der Waals surface area contributed by atoms with Gasteiger partial charge in [-0.3, -0.25) is 24.0 Å². The minimum absolute atomic E-state index is 0.00314. The van der Waals surface area contributed by atoms with E-state index in [0.29, 0.717) is 24.3 Å². The maximum atomic E-state index is 13.1. The molecule has 2 aromatic carbocycles. The van der Waals surface area contributed by atoms with Crippen LogP contribution in [0.2, 0.25) is 0 Å². The Morgan fingerprint density at radius 2 is 1.56 bits per heavy atom. The van der Waals surface area contributed by atoms with Gasteiger partial charge in [-0.1, -0.05) is 12.8 Å². The molecule has 1 aliphatic carbocycles. The van der Waals surface area contributed by atoms with Crippen molar-refractivity contribution in [1.29, 1.82) is 0 Å². The third-order valence-corrected chi connectivity index (χ3v) is 7.98. The third kappa shape index (κ3) is 5.30. The summed E-state index contributed by atoms with van der Waals surface area (Å²) in [6, 6.07) is 10.6. The Bertz CT molecular complexity index is 1240. The molecule has 0 aromatic heterocycles. The summed E-state index contributed by atoms with van der Waals surface area (Å²) < 4.78 is 38.9. The Kier molecular flexibility index (Phi) is 7.48. The molecule has 2 fully saturated rings. The van der Waals surface area contributed by atoms with Gasteiger partial charge in [-0.05, 0) is 55.3 Å². The minimum Gasteiger partial charge on any atom is -0.497 e. The molecule has 3 amide bonds. The summed E-state index contributed by atoms with van der Waals surface area (Å²) >= 11 is 0. The number of sulfonamides is 1. The molecule has 2 N–H and O–H groups in total. The number of anilines is 2. The number of nitrogens with one attached hydrogen (secondary N) is 2. The van der Waals surface area contributed by atoms with E-state index < -0.39 is 15.9 Å². The van der Waals surface area contributed by atoms with E-state index in [9.17, 15) is 22.8 Å². The summed E-state index contributed by atoms with van der Waals surface area (Å²) in [5, 5.41) is 2.65. The second-order valence-corrected chi connectivity index (χ2v) is 10.5. The Morgan fingerprint density at radius 1 is 0.944 bits per heavy atom. The number of carbonyl (C=O) groups excluding carboxylic acids is 3. The SMILES string of the molecule is COc1ccc(NS(=O)(=O)c2cc(NC(=O)CCN3C(=O)[C@H]4CCCC[C@@H]4C3=O)ccc2OC)cc1. The number of carbonyl (C=O) groups is 3. The summed E-state index contributed by atoms with van der Waals surface area (Å²) in [5.74, 6) is -0.674. The molecule has 192 valence electrons. The van der Waals surface area contributed by atoms with Crippen LogP contribution in [0.15, 0.2) is 47.4 Å². The smallest absolute Gasteiger partial charge is 0.265 e. The van der Waals surface area contributed by atoms with Gasteiger partial charge in [0.2, 0.25) is 17.7 Å². The van der Waals surface area contributed by atoms with Crippen molar-refractivity contribution in [2.75, 3.05) is 30.8 Å². The Hall–Kier alpha value is -3.60.